The molecule has 0 unspecified atom stereocenters. The van der Waals surface area contributed by atoms with E-state index in [0.717, 1.165) is 31.0 Å². The Morgan fingerprint density at radius 3 is 2.67 bits per heavy atom. The number of hydrogen-bond donors (Lipinski definition) is 1. The number of urea groups is 1. The second-order valence-corrected chi connectivity index (χ2v) is 6.55. The lowest BCUT2D eigenvalue weighted by atomic mass is 10.2. The van der Waals surface area contributed by atoms with Gasteiger partial charge in [-0.05, 0) is 25.1 Å². The minimum atomic E-state index is -0.0746. The van der Waals surface area contributed by atoms with Gasteiger partial charge in [-0.3, -0.25) is 9.58 Å². The lowest BCUT2D eigenvalue weighted by molar-refractivity contribution is 0.143. The van der Waals surface area contributed by atoms with E-state index in [-0.39, 0.29) is 6.03 Å². The molecule has 0 spiro atoms. The average Bonchev–Trinajstić information content (AvgIpc) is 2.85. The van der Waals surface area contributed by atoms with E-state index in [4.69, 9.17) is 11.6 Å². The van der Waals surface area contributed by atoms with Crippen molar-refractivity contribution in [3.63, 3.8) is 0 Å². The number of carbonyl (C=O) groups excluding carboxylic acids is 1. The fourth-order valence-electron chi connectivity index (χ4n) is 2.92. The van der Waals surface area contributed by atoms with E-state index >= 15 is 0 Å². The van der Waals surface area contributed by atoms with Gasteiger partial charge in [0.1, 0.15) is 0 Å². The maximum Gasteiger partial charge on any atom is 0.321 e. The lowest BCUT2D eigenvalue weighted by Gasteiger charge is -2.34. The first-order valence-corrected chi connectivity index (χ1v) is 8.42. The predicted molar refractivity (Wildman–Crippen MR) is 95.3 cm³/mol. The van der Waals surface area contributed by atoms with Crippen molar-refractivity contribution in [2.24, 2.45) is 7.05 Å². The Morgan fingerprint density at radius 1 is 1.29 bits per heavy atom. The van der Waals surface area contributed by atoms with Crippen LogP contribution in [0, 0.1) is 6.92 Å². The number of benzene rings is 1. The summed E-state index contributed by atoms with van der Waals surface area (Å²) in [7, 11) is 1.94. The summed E-state index contributed by atoms with van der Waals surface area (Å²) >= 11 is 5.95. The van der Waals surface area contributed by atoms with Crippen molar-refractivity contribution >= 4 is 23.3 Å². The number of amides is 2. The number of piperazine rings is 1. The van der Waals surface area contributed by atoms with Gasteiger partial charge in [-0.2, -0.15) is 5.10 Å². The molecule has 128 valence electrons. The number of aryl methyl sites for hydroxylation is 2. The molecule has 0 saturated carbocycles. The van der Waals surface area contributed by atoms with E-state index in [2.05, 4.69) is 21.5 Å². The molecule has 0 bridgehead atoms. The second kappa shape index (κ2) is 7.23. The van der Waals surface area contributed by atoms with Gasteiger partial charge in [0, 0.05) is 62.2 Å². The van der Waals surface area contributed by atoms with Gasteiger partial charge in [-0.1, -0.05) is 17.7 Å². The maximum absolute atomic E-state index is 12.3. The zero-order valence-corrected chi connectivity index (χ0v) is 14.8. The number of nitrogens with zero attached hydrogens (tertiary/aromatic N) is 4. The Labute approximate surface area is 147 Å². The summed E-state index contributed by atoms with van der Waals surface area (Å²) in [6.45, 7) is 6.06. The van der Waals surface area contributed by atoms with E-state index in [0.29, 0.717) is 18.1 Å². The van der Waals surface area contributed by atoms with Crippen LogP contribution in [0.1, 0.15) is 11.3 Å². The maximum atomic E-state index is 12.3. The third-order valence-electron chi connectivity index (χ3n) is 4.24. The molecule has 0 atom stereocenters. The van der Waals surface area contributed by atoms with Crippen molar-refractivity contribution in [2.75, 3.05) is 31.5 Å². The number of halogens is 1. The van der Waals surface area contributed by atoms with Crippen LogP contribution in [0.25, 0.3) is 0 Å². The molecule has 1 aromatic carbocycles. The molecule has 24 heavy (non-hydrogen) atoms. The smallest absolute Gasteiger partial charge is 0.321 e. The highest BCUT2D eigenvalue weighted by molar-refractivity contribution is 6.30. The quantitative estimate of drug-likeness (QED) is 0.928. The molecule has 1 aromatic heterocycles. The zero-order valence-electron chi connectivity index (χ0n) is 14.0. The molecule has 6 nitrogen and oxygen atoms in total. The van der Waals surface area contributed by atoms with Crippen LogP contribution in [0.2, 0.25) is 5.02 Å². The molecule has 1 N–H and O–H groups in total. The fourth-order valence-corrected chi connectivity index (χ4v) is 3.11. The van der Waals surface area contributed by atoms with Gasteiger partial charge in [-0.15, -0.1) is 0 Å². The summed E-state index contributed by atoms with van der Waals surface area (Å²) in [6.07, 6.45) is 2.06. The average molecular weight is 348 g/mol. The van der Waals surface area contributed by atoms with Crippen molar-refractivity contribution in [1.29, 1.82) is 0 Å². The molecule has 1 aliphatic heterocycles. The van der Waals surface area contributed by atoms with Gasteiger partial charge >= 0.3 is 6.03 Å². The highest BCUT2D eigenvalue weighted by Gasteiger charge is 2.22. The lowest BCUT2D eigenvalue weighted by Crippen LogP contribution is -2.49. The summed E-state index contributed by atoms with van der Waals surface area (Å²) in [5.74, 6) is 0. The van der Waals surface area contributed by atoms with Crippen LogP contribution in [0.3, 0.4) is 0 Å². The van der Waals surface area contributed by atoms with Gasteiger partial charge in [-0.25, -0.2) is 4.79 Å². The standard InChI is InChI=1S/C17H22ClN5O/c1-13-14(11-21(2)20-13)12-22-6-8-23(9-7-22)17(24)19-16-5-3-4-15(18)10-16/h3-5,10-11H,6-9,12H2,1-2H3,(H,19,24). The molecule has 2 amide bonds. The van der Waals surface area contributed by atoms with Crippen LogP contribution < -0.4 is 5.32 Å². The van der Waals surface area contributed by atoms with Crippen molar-refractivity contribution < 1.29 is 4.79 Å². The van der Waals surface area contributed by atoms with Gasteiger partial charge in [0.2, 0.25) is 0 Å². The topological polar surface area (TPSA) is 53.4 Å². The predicted octanol–water partition coefficient (Wildman–Crippen LogP) is 2.73. The van der Waals surface area contributed by atoms with E-state index in [9.17, 15) is 4.79 Å². The van der Waals surface area contributed by atoms with Crippen LogP contribution >= 0.6 is 11.6 Å². The Morgan fingerprint density at radius 2 is 2.04 bits per heavy atom. The molecule has 2 heterocycles. The number of rotatable bonds is 3. The van der Waals surface area contributed by atoms with E-state index in [1.165, 1.54) is 5.56 Å². The summed E-state index contributed by atoms with van der Waals surface area (Å²) in [5, 5.41) is 7.89. The SMILES string of the molecule is Cc1nn(C)cc1CN1CCN(C(=O)Nc2cccc(Cl)c2)CC1. The molecular formula is C17H22ClN5O. The van der Waals surface area contributed by atoms with Crippen LogP contribution in [-0.2, 0) is 13.6 Å². The zero-order chi connectivity index (χ0) is 17.1. The van der Waals surface area contributed by atoms with Crippen molar-refractivity contribution in [3.8, 4) is 0 Å². The van der Waals surface area contributed by atoms with Crippen molar-refractivity contribution in [1.82, 2.24) is 19.6 Å². The molecule has 3 rings (SSSR count). The Bertz CT molecular complexity index is 722. The normalized spacial score (nSPS) is 15.5. The minimum absolute atomic E-state index is 0.0746. The molecule has 2 aromatic rings. The van der Waals surface area contributed by atoms with Gasteiger partial charge in [0.05, 0.1) is 5.69 Å². The molecule has 1 aliphatic rings. The Balaban J connectivity index is 1.51. The number of nitrogens with one attached hydrogen (secondary N) is 1. The summed E-state index contributed by atoms with van der Waals surface area (Å²) in [6, 6.07) is 7.13. The number of aromatic nitrogens is 2. The molecule has 7 heteroatoms. The van der Waals surface area contributed by atoms with Gasteiger partial charge in [0.25, 0.3) is 0 Å². The summed E-state index contributed by atoms with van der Waals surface area (Å²) in [5.41, 5.74) is 3.04. The van der Waals surface area contributed by atoms with E-state index in [1.807, 2.05) is 35.7 Å². The summed E-state index contributed by atoms with van der Waals surface area (Å²) < 4.78 is 1.85. The van der Waals surface area contributed by atoms with Crippen LogP contribution in [0.4, 0.5) is 10.5 Å². The number of carbonyl (C=O) groups is 1. The van der Waals surface area contributed by atoms with Crippen LogP contribution in [0.15, 0.2) is 30.5 Å². The Kier molecular flexibility index (Phi) is 5.06. The molecule has 1 saturated heterocycles. The fraction of sp³-hybridized carbons (Fsp3) is 0.412. The van der Waals surface area contributed by atoms with Gasteiger partial charge in [0.15, 0.2) is 0 Å². The van der Waals surface area contributed by atoms with Gasteiger partial charge < -0.3 is 10.2 Å². The minimum Gasteiger partial charge on any atom is -0.322 e. The number of hydrogen-bond acceptors (Lipinski definition) is 3. The molecular weight excluding hydrogens is 326 g/mol. The number of anilines is 1. The first-order chi connectivity index (χ1) is 11.5. The first kappa shape index (κ1) is 16.8. The Hall–Kier alpha value is -2.05. The molecule has 1 fully saturated rings. The van der Waals surface area contributed by atoms with Crippen molar-refractivity contribution in [3.05, 3.63) is 46.7 Å². The van der Waals surface area contributed by atoms with Crippen LogP contribution in [0.5, 0.6) is 0 Å². The molecule has 0 aliphatic carbocycles. The van der Waals surface area contributed by atoms with Crippen molar-refractivity contribution in [2.45, 2.75) is 13.5 Å². The highest BCUT2D eigenvalue weighted by Crippen LogP contribution is 2.16. The highest BCUT2D eigenvalue weighted by atomic mass is 35.5. The molecule has 0 radical (unpaired) electrons. The third kappa shape index (κ3) is 4.07. The van der Waals surface area contributed by atoms with E-state index in [1.54, 1.807) is 12.1 Å². The summed E-state index contributed by atoms with van der Waals surface area (Å²) in [4.78, 5) is 16.5. The monoisotopic (exact) mass is 347 g/mol. The second-order valence-electron chi connectivity index (χ2n) is 6.12. The first-order valence-electron chi connectivity index (χ1n) is 8.04. The third-order valence-corrected chi connectivity index (χ3v) is 4.48. The van der Waals surface area contributed by atoms with E-state index < -0.39 is 0 Å². The largest absolute Gasteiger partial charge is 0.322 e. The van der Waals surface area contributed by atoms with Crippen LogP contribution in [-0.4, -0.2) is 51.8 Å².